The Labute approximate surface area is 97.0 Å². The van der Waals surface area contributed by atoms with E-state index in [0.717, 1.165) is 39.0 Å². The summed E-state index contributed by atoms with van der Waals surface area (Å²) in [6.45, 7) is 5.42. The molecule has 1 amide bonds. The molecular weight excluding hydrogens is 214 g/mol. The molecule has 0 bridgehead atoms. The fraction of sp³-hybridized carbons (Fsp3) is 0.900. The Balaban J connectivity index is 0.00000112. The molecular formula is C10H20ClN3O. The lowest BCUT2D eigenvalue weighted by Gasteiger charge is -2.27. The van der Waals surface area contributed by atoms with E-state index in [1.165, 1.54) is 0 Å². The maximum Gasteiger partial charge on any atom is 0.229 e. The van der Waals surface area contributed by atoms with Crippen molar-refractivity contribution in [2.75, 3.05) is 26.2 Å². The van der Waals surface area contributed by atoms with E-state index in [4.69, 9.17) is 5.73 Å². The molecule has 2 aliphatic heterocycles. The first-order valence-electron chi connectivity index (χ1n) is 5.37. The summed E-state index contributed by atoms with van der Waals surface area (Å²) in [5, 5.41) is 3.25. The van der Waals surface area contributed by atoms with Crippen LogP contribution in [0.3, 0.4) is 0 Å². The molecule has 2 aliphatic rings. The Morgan fingerprint density at radius 1 is 1.60 bits per heavy atom. The van der Waals surface area contributed by atoms with Gasteiger partial charge in [-0.05, 0) is 26.3 Å². The normalized spacial score (nSPS) is 35.3. The van der Waals surface area contributed by atoms with E-state index in [-0.39, 0.29) is 29.8 Å². The molecule has 0 aromatic carbocycles. The van der Waals surface area contributed by atoms with Crippen molar-refractivity contribution < 1.29 is 4.79 Å². The molecule has 0 aliphatic carbocycles. The fourth-order valence-corrected chi connectivity index (χ4v) is 2.35. The van der Waals surface area contributed by atoms with Crippen molar-refractivity contribution in [1.82, 2.24) is 10.2 Å². The highest BCUT2D eigenvalue weighted by Crippen LogP contribution is 2.28. The van der Waals surface area contributed by atoms with Crippen molar-refractivity contribution in [2.24, 2.45) is 11.1 Å². The van der Waals surface area contributed by atoms with Crippen molar-refractivity contribution in [2.45, 2.75) is 25.8 Å². The lowest BCUT2D eigenvalue weighted by molar-refractivity contribution is -0.139. The molecule has 88 valence electrons. The summed E-state index contributed by atoms with van der Waals surface area (Å²) in [7, 11) is 0. The van der Waals surface area contributed by atoms with Crippen LogP contribution in [0.4, 0.5) is 0 Å². The average molecular weight is 234 g/mol. The van der Waals surface area contributed by atoms with E-state index >= 15 is 0 Å². The number of hydrogen-bond donors (Lipinski definition) is 2. The van der Waals surface area contributed by atoms with Gasteiger partial charge in [-0.25, -0.2) is 0 Å². The Kier molecular flexibility index (Phi) is 3.98. The predicted molar refractivity (Wildman–Crippen MR) is 62.0 cm³/mol. The van der Waals surface area contributed by atoms with Crippen LogP contribution in [0, 0.1) is 5.41 Å². The Morgan fingerprint density at radius 3 is 2.80 bits per heavy atom. The third kappa shape index (κ3) is 2.44. The lowest BCUT2D eigenvalue weighted by atomic mass is 9.88. The van der Waals surface area contributed by atoms with E-state index in [1.807, 2.05) is 4.90 Å². The molecule has 5 heteroatoms. The quantitative estimate of drug-likeness (QED) is 0.669. The first kappa shape index (κ1) is 12.7. The minimum atomic E-state index is -0.177. The predicted octanol–water partition coefficient (Wildman–Crippen LogP) is -0.0326. The number of carbonyl (C=O) groups excluding carboxylic acids is 1. The molecule has 2 atom stereocenters. The van der Waals surface area contributed by atoms with Crippen molar-refractivity contribution in [3.05, 3.63) is 0 Å². The maximum atomic E-state index is 12.1. The number of likely N-dealkylation sites (tertiary alicyclic amines) is 1. The van der Waals surface area contributed by atoms with Crippen molar-refractivity contribution in [3.63, 3.8) is 0 Å². The molecule has 3 N–H and O–H groups in total. The van der Waals surface area contributed by atoms with Gasteiger partial charge in [-0.3, -0.25) is 4.79 Å². The smallest absolute Gasteiger partial charge is 0.229 e. The van der Waals surface area contributed by atoms with Gasteiger partial charge in [-0.15, -0.1) is 12.4 Å². The van der Waals surface area contributed by atoms with E-state index in [1.54, 1.807) is 0 Å². The number of nitrogens with zero attached hydrogens (tertiary/aromatic N) is 1. The molecule has 2 heterocycles. The van der Waals surface area contributed by atoms with Crippen LogP contribution < -0.4 is 11.1 Å². The summed E-state index contributed by atoms with van der Waals surface area (Å²) in [4.78, 5) is 14.1. The molecule has 0 spiro atoms. The molecule has 15 heavy (non-hydrogen) atoms. The molecule has 2 rings (SSSR count). The van der Waals surface area contributed by atoms with E-state index in [0.29, 0.717) is 0 Å². The van der Waals surface area contributed by atoms with Crippen LogP contribution in [-0.2, 0) is 4.79 Å². The van der Waals surface area contributed by atoms with E-state index in [2.05, 4.69) is 12.2 Å². The highest BCUT2D eigenvalue weighted by Gasteiger charge is 2.40. The first-order chi connectivity index (χ1) is 6.62. The van der Waals surface area contributed by atoms with Crippen LogP contribution in [0.25, 0.3) is 0 Å². The molecule has 2 saturated heterocycles. The number of nitrogens with two attached hydrogens (primary N) is 1. The number of amides is 1. The van der Waals surface area contributed by atoms with Crippen LogP contribution in [0.1, 0.15) is 19.8 Å². The van der Waals surface area contributed by atoms with E-state index in [9.17, 15) is 4.79 Å². The highest BCUT2D eigenvalue weighted by atomic mass is 35.5. The van der Waals surface area contributed by atoms with E-state index < -0.39 is 0 Å². The molecule has 2 fully saturated rings. The molecule has 0 radical (unpaired) electrons. The largest absolute Gasteiger partial charge is 0.341 e. The van der Waals surface area contributed by atoms with Gasteiger partial charge in [0.05, 0.1) is 5.41 Å². The molecule has 1 unspecified atom stereocenters. The minimum absolute atomic E-state index is 0. The Morgan fingerprint density at radius 2 is 2.33 bits per heavy atom. The molecule has 0 aromatic rings. The second-order valence-corrected chi connectivity index (χ2v) is 4.79. The lowest BCUT2D eigenvalue weighted by Crippen LogP contribution is -2.43. The zero-order valence-electron chi connectivity index (χ0n) is 9.16. The molecule has 4 nitrogen and oxygen atoms in total. The van der Waals surface area contributed by atoms with Gasteiger partial charge < -0.3 is 16.0 Å². The number of nitrogens with one attached hydrogen (secondary N) is 1. The number of rotatable bonds is 1. The van der Waals surface area contributed by atoms with Crippen LogP contribution in [0.2, 0.25) is 0 Å². The second-order valence-electron chi connectivity index (χ2n) is 4.79. The fourth-order valence-electron chi connectivity index (χ4n) is 2.35. The zero-order valence-corrected chi connectivity index (χ0v) is 9.98. The summed E-state index contributed by atoms with van der Waals surface area (Å²) in [6.07, 6.45) is 1.91. The zero-order chi connectivity index (χ0) is 10.2. The van der Waals surface area contributed by atoms with Gasteiger partial charge in [0.25, 0.3) is 0 Å². The first-order valence-corrected chi connectivity index (χ1v) is 5.37. The van der Waals surface area contributed by atoms with Crippen molar-refractivity contribution >= 4 is 18.3 Å². The van der Waals surface area contributed by atoms with Crippen LogP contribution in [0.5, 0.6) is 0 Å². The Hall–Kier alpha value is -0.320. The molecule has 0 saturated carbocycles. The van der Waals surface area contributed by atoms with Gasteiger partial charge in [0.1, 0.15) is 0 Å². The second kappa shape index (κ2) is 4.68. The van der Waals surface area contributed by atoms with Gasteiger partial charge in [-0.1, -0.05) is 0 Å². The monoisotopic (exact) mass is 233 g/mol. The summed E-state index contributed by atoms with van der Waals surface area (Å²) in [5.41, 5.74) is 5.62. The third-order valence-electron chi connectivity index (χ3n) is 3.40. The van der Waals surface area contributed by atoms with Crippen molar-refractivity contribution in [3.8, 4) is 0 Å². The number of halogens is 1. The highest BCUT2D eigenvalue weighted by molar-refractivity contribution is 5.85. The number of carbonyl (C=O) groups is 1. The van der Waals surface area contributed by atoms with Gasteiger partial charge in [0.2, 0.25) is 5.91 Å². The summed E-state index contributed by atoms with van der Waals surface area (Å²) in [5.74, 6) is 0.287. The topological polar surface area (TPSA) is 58.4 Å². The Bertz CT molecular complexity index is 241. The van der Waals surface area contributed by atoms with Crippen LogP contribution in [-0.4, -0.2) is 43.0 Å². The summed E-state index contributed by atoms with van der Waals surface area (Å²) >= 11 is 0. The minimum Gasteiger partial charge on any atom is -0.341 e. The standard InChI is InChI=1S/C10H19N3O.ClH/c1-10(3-4-12-7-10)9(14)13-5-2-8(11)6-13;/h8,12H,2-7,11H2,1H3;1H/t8-,10?;/m1./s1. The molecule has 0 aromatic heterocycles. The van der Waals surface area contributed by atoms with Crippen molar-refractivity contribution in [1.29, 1.82) is 0 Å². The van der Waals surface area contributed by atoms with Gasteiger partial charge in [0.15, 0.2) is 0 Å². The van der Waals surface area contributed by atoms with Gasteiger partial charge in [0, 0.05) is 25.7 Å². The van der Waals surface area contributed by atoms with Crippen LogP contribution in [0.15, 0.2) is 0 Å². The van der Waals surface area contributed by atoms with Gasteiger partial charge >= 0.3 is 0 Å². The SMILES string of the molecule is CC1(C(=O)N2CC[C@@H](N)C2)CCNC1.Cl. The maximum absolute atomic E-state index is 12.1. The third-order valence-corrected chi connectivity index (χ3v) is 3.40. The summed E-state index contributed by atoms with van der Waals surface area (Å²) < 4.78 is 0. The van der Waals surface area contributed by atoms with Gasteiger partial charge in [-0.2, -0.15) is 0 Å². The summed E-state index contributed by atoms with van der Waals surface area (Å²) in [6, 6.07) is 0.192. The number of hydrogen-bond acceptors (Lipinski definition) is 3. The average Bonchev–Trinajstić information content (AvgIpc) is 2.74. The van der Waals surface area contributed by atoms with Crippen LogP contribution >= 0.6 is 12.4 Å².